The first-order valence-corrected chi connectivity index (χ1v) is 6.06. The lowest BCUT2D eigenvalue weighted by molar-refractivity contribution is 0.505. The van der Waals surface area contributed by atoms with Gasteiger partial charge in [-0.1, -0.05) is 31.5 Å². The normalized spacial score (nSPS) is 12.9. The number of anilines is 1. The van der Waals surface area contributed by atoms with Gasteiger partial charge in [-0.3, -0.25) is 0 Å². The average Bonchev–Trinajstić information content (AvgIpc) is 2.26. The van der Waals surface area contributed by atoms with Gasteiger partial charge in [0.05, 0.1) is 10.7 Å². The minimum atomic E-state index is 0.459. The number of nitrogens with two attached hydrogens (primary N) is 1. The second kappa shape index (κ2) is 5.55. The van der Waals surface area contributed by atoms with E-state index in [2.05, 4.69) is 32.7 Å². The molecule has 1 atom stereocenters. The summed E-state index contributed by atoms with van der Waals surface area (Å²) < 4.78 is 0. The van der Waals surface area contributed by atoms with Crippen molar-refractivity contribution in [2.45, 2.75) is 33.4 Å². The second-order valence-electron chi connectivity index (χ2n) is 4.59. The van der Waals surface area contributed by atoms with Crippen LogP contribution in [0, 0.1) is 5.92 Å². The van der Waals surface area contributed by atoms with Crippen LogP contribution in [0.25, 0.3) is 0 Å². The van der Waals surface area contributed by atoms with Crippen molar-refractivity contribution in [2.75, 3.05) is 11.9 Å². The molecule has 0 aliphatic rings. The molecule has 0 spiro atoms. The van der Waals surface area contributed by atoms with E-state index in [4.69, 9.17) is 17.3 Å². The van der Waals surface area contributed by atoms with E-state index in [0.717, 1.165) is 16.3 Å². The van der Waals surface area contributed by atoms with E-state index in [1.165, 1.54) is 0 Å². The van der Waals surface area contributed by atoms with E-state index >= 15 is 0 Å². The van der Waals surface area contributed by atoms with E-state index in [0.29, 0.717) is 18.5 Å². The molecule has 1 unspecified atom stereocenters. The third kappa shape index (κ3) is 2.89. The molecular weight excluding hydrogens is 220 g/mol. The van der Waals surface area contributed by atoms with Gasteiger partial charge in [0.2, 0.25) is 0 Å². The summed E-state index contributed by atoms with van der Waals surface area (Å²) in [5, 5.41) is 0.776. The van der Waals surface area contributed by atoms with Crippen molar-refractivity contribution in [1.29, 1.82) is 0 Å². The fraction of sp³-hybridized carbons (Fsp3) is 0.538. The van der Waals surface area contributed by atoms with Gasteiger partial charge in [0.25, 0.3) is 0 Å². The van der Waals surface area contributed by atoms with Crippen LogP contribution in [0.1, 0.15) is 26.3 Å². The van der Waals surface area contributed by atoms with Crippen LogP contribution in [-0.2, 0) is 6.54 Å². The Morgan fingerprint density at radius 2 is 1.94 bits per heavy atom. The van der Waals surface area contributed by atoms with Gasteiger partial charge >= 0.3 is 0 Å². The highest BCUT2D eigenvalue weighted by Crippen LogP contribution is 2.28. The summed E-state index contributed by atoms with van der Waals surface area (Å²) in [6.07, 6.45) is 0. The van der Waals surface area contributed by atoms with E-state index < -0.39 is 0 Å². The molecule has 0 amide bonds. The summed E-state index contributed by atoms with van der Waals surface area (Å²) in [4.78, 5) is 2.22. The molecule has 0 radical (unpaired) electrons. The van der Waals surface area contributed by atoms with E-state index in [9.17, 15) is 0 Å². The number of nitrogens with zero attached hydrogens (tertiary/aromatic N) is 1. The standard InChI is InChI=1S/C13H21ClN2/c1-9(2)10(3)16(4)13-6-5-11(8-15)7-12(13)14/h5-7,9-10H,8,15H2,1-4H3. The maximum absolute atomic E-state index is 6.25. The fourth-order valence-corrected chi connectivity index (χ4v) is 1.97. The van der Waals surface area contributed by atoms with Crippen molar-refractivity contribution in [1.82, 2.24) is 0 Å². The molecule has 0 aliphatic carbocycles. The molecule has 0 bridgehead atoms. The van der Waals surface area contributed by atoms with Gasteiger partial charge in [0.1, 0.15) is 0 Å². The Labute approximate surface area is 103 Å². The first-order chi connectivity index (χ1) is 7.47. The molecule has 0 saturated carbocycles. The highest BCUT2D eigenvalue weighted by molar-refractivity contribution is 6.33. The van der Waals surface area contributed by atoms with Gasteiger partial charge in [-0.05, 0) is 30.5 Å². The van der Waals surface area contributed by atoms with Crippen molar-refractivity contribution in [3.05, 3.63) is 28.8 Å². The maximum Gasteiger partial charge on any atom is 0.0642 e. The summed E-state index contributed by atoms with van der Waals surface area (Å²) >= 11 is 6.25. The fourth-order valence-electron chi connectivity index (χ4n) is 1.63. The third-order valence-corrected chi connectivity index (χ3v) is 3.51. The Morgan fingerprint density at radius 3 is 2.38 bits per heavy atom. The Hall–Kier alpha value is -0.730. The molecule has 0 aromatic heterocycles. The number of benzene rings is 1. The van der Waals surface area contributed by atoms with Crippen LogP contribution >= 0.6 is 11.6 Å². The van der Waals surface area contributed by atoms with Crippen molar-refractivity contribution >= 4 is 17.3 Å². The minimum Gasteiger partial charge on any atom is -0.370 e. The van der Waals surface area contributed by atoms with Crippen LogP contribution < -0.4 is 10.6 Å². The molecule has 3 heteroatoms. The van der Waals surface area contributed by atoms with E-state index in [-0.39, 0.29) is 0 Å². The summed E-state index contributed by atoms with van der Waals surface area (Å²) in [5.74, 6) is 0.593. The van der Waals surface area contributed by atoms with Crippen molar-refractivity contribution in [3.63, 3.8) is 0 Å². The first kappa shape index (κ1) is 13.3. The summed E-state index contributed by atoms with van der Waals surface area (Å²) in [6.45, 7) is 7.16. The molecule has 2 nitrogen and oxygen atoms in total. The number of hydrogen-bond donors (Lipinski definition) is 1. The largest absolute Gasteiger partial charge is 0.370 e. The number of rotatable bonds is 4. The maximum atomic E-state index is 6.25. The molecule has 0 saturated heterocycles. The Bertz CT molecular complexity index is 350. The Balaban J connectivity index is 2.96. The van der Waals surface area contributed by atoms with Gasteiger partial charge < -0.3 is 10.6 Å². The van der Waals surface area contributed by atoms with Crippen molar-refractivity contribution in [2.24, 2.45) is 11.7 Å². The summed E-state index contributed by atoms with van der Waals surface area (Å²) in [6, 6.07) is 6.48. The van der Waals surface area contributed by atoms with Crippen LogP contribution in [0.3, 0.4) is 0 Å². The molecule has 1 aromatic carbocycles. The number of hydrogen-bond acceptors (Lipinski definition) is 2. The predicted octanol–water partition coefficient (Wildman–Crippen LogP) is 3.28. The Morgan fingerprint density at radius 1 is 1.31 bits per heavy atom. The molecule has 2 N–H and O–H groups in total. The monoisotopic (exact) mass is 240 g/mol. The highest BCUT2D eigenvalue weighted by atomic mass is 35.5. The lowest BCUT2D eigenvalue weighted by Crippen LogP contribution is -2.33. The van der Waals surface area contributed by atoms with Crippen LogP contribution in [0.15, 0.2) is 18.2 Å². The predicted molar refractivity (Wildman–Crippen MR) is 72.0 cm³/mol. The van der Waals surface area contributed by atoms with Gasteiger partial charge in [0, 0.05) is 19.6 Å². The Kier molecular flexibility index (Phi) is 4.63. The zero-order valence-corrected chi connectivity index (χ0v) is 11.3. The van der Waals surface area contributed by atoms with E-state index in [1.807, 2.05) is 18.2 Å². The van der Waals surface area contributed by atoms with Gasteiger partial charge in [0.15, 0.2) is 0 Å². The van der Waals surface area contributed by atoms with Gasteiger partial charge in [-0.25, -0.2) is 0 Å². The average molecular weight is 241 g/mol. The lowest BCUT2D eigenvalue weighted by Gasteiger charge is -2.30. The van der Waals surface area contributed by atoms with Crippen LogP contribution in [0.5, 0.6) is 0 Å². The van der Waals surface area contributed by atoms with Crippen LogP contribution in [-0.4, -0.2) is 13.1 Å². The lowest BCUT2D eigenvalue weighted by atomic mass is 10.0. The van der Waals surface area contributed by atoms with Crippen LogP contribution in [0.2, 0.25) is 5.02 Å². The first-order valence-electron chi connectivity index (χ1n) is 5.68. The topological polar surface area (TPSA) is 29.3 Å². The van der Waals surface area contributed by atoms with Crippen molar-refractivity contribution < 1.29 is 0 Å². The molecule has 0 heterocycles. The molecule has 0 fully saturated rings. The molecule has 1 aromatic rings. The van der Waals surface area contributed by atoms with E-state index in [1.54, 1.807) is 0 Å². The number of halogens is 1. The van der Waals surface area contributed by atoms with Crippen molar-refractivity contribution in [3.8, 4) is 0 Å². The smallest absolute Gasteiger partial charge is 0.0642 e. The SMILES string of the molecule is CC(C)C(C)N(C)c1ccc(CN)cc1Cl. The zero-order chi connectivity index (χ0) is 12.3. The summed E-state index contributed by atoms with van der Waals surface area (Å²) in [7, 11) is 2.08. The molecule has 90 valence electrons. The molecule has 1 rings (SSSR count). The third-order valence-electron chi connectivity index (χ3n) is 3.20. The van der Waals surface area contributed by atoms with Crippen LogP contribution in [0.4, 0.5) is 5.69 Å². The second-order valence-corrected chi connectivity index (χ2v) is 4.99. The quantitative estimate of drug-likeness (QED) is 0.875. The van der Waals surface area contributed by atoms with Gasteiger partial charge in [-0.2, -0.15) is 0 Å². The highest BCUT2D eigenvalue weighted by Gasteiger charge is 2.15. The molecular formula is C13H21ClN2. The van der Waals surface area contributed by atoms with Gasteiger partial charge in [-0.15, -0.1) is 0 Å². The minimum absolute atomic E-state index is 0.459. The summed E-state index contributed by atoms with van der Waals surface area (Å²) in [5.41, 5.74) is 7.72. The molecule has 16 heavy (non-hydrogen) atoms. The molecule has 0 aliphatic heterocycles. The zero-order valence-electron chi connectivity index (χ0n) is 10.5.